The van der Waals surface area contributed by atoms with Crippen molar-refractivity contribution in [1.29, 1.82) is 0 Å². The zero-order valence-electron chi connectivity index (χ0n) is 11.7. The number of likely N-dealkylation sites (tertiary alicyclic amines) is 1. The highest BCUT2D eigenvalue weighted by molar-refractivity contribution is 9.10. The van der Waals surface area contributed by atoms with E-state index in [2.05, 4.69) is 15.9 Å². The number of hydrogen-bond donors (Lipinski definition) is 1. The second kappa shape index (κ2) is 5.82. The first kappa shape index (κ1) is 15.4. The molecule has 0 bridgehead atoms. The Bertz CT molecular complexity index is 523. The van der Waals surface area contributed by atoms with Crippen LogP contribution in [0.1, 0.15) is 44.7 Å². The molecule has 1 aromatic rings. The molecule has 0 saturated carbocycles. The second-order valence-electron chi connectivity index (χ2n) is 5.33. The van der Waals surface area contributed by atoms with Crippen molar-refractivity contribution < 1.29 is 14.3 Å². The van der Waals surface area contributed by atoms with Gasteiger partial charge in [0.1, 0.15) is 11.4 Å². The first-order valence-corrected chi connectivity index (χ1v) is 7.66. The Balaban J connectivity index is 2.36. The van der Waals surface area contributed by atoms with Gasteiger partial charge in [0.25, 0.3) is 0 Å². The van der Waals surface area contributed by atoms with E-state index in [-0.39, 0.29) is 11.9 Å². The summed E-state index contributed by atoms with van der Waals surface area (Å²) < 4.78 is 14.8. The molecule has 110 valence electrons. The largest absolute Gasteiger partial charge is 0.480 e. The van der Waals surface area contributed by atoms with Gasteiger partial charge < -0.3 is 5.11 Å². The molecule has 0 amide bonds. The van der Waals surface area contributed by atoms with Gasteiger partial charge in [0.15, 0.2) is 0 Å². The summed E-state index contributed by atoms with van der Waals surface area (Å²) in [6.07, 6.45) is 1.99. The number of nitrogens with zero attached hydrogens (tertiary/aromatic N) is 1. The van der Waals surface area contributed by atoms with Crippen LogP contribution in [-0.2, 0) is 4.79 Å². The number of aliphatic carboxylic acids is 1. The van der Waals surface area contributed by atoms with Crippen molar-refractivity contribution in [3.8, 4) is 0 Å². The van der Waals surface area contributed by atoms with Crippen LogP contribution >= 0.6 is 15.9 Å². The zero-order chi connectivity index (χ0) is 14.9. The molecule has 1 N–H and O–H groups in total. The van der Waals surface area contributed by atoms with Gasteiger partial charge in [-0.25, -0.2) is 4.39 Å². The maximum absolute atomic E-state index is 14.1. The van der Waals surface area contributed by atoms with Gasteiger partial charge >= 0.3 is 5.97 Å². The minimum Gasteiger partial charge on any atom is -0.480 e. The molecule has 1 aliphatic rings. The van der Waals surface area contributed by atoms with Crippen molar-refractivity contribution in [3.63, 3.8) is 0 Å². The SMILES string of the molecule is CCC1(C(=O)O)CCCN1C(C)c1ccc(Br)cc1F. The van der Waals surface area contributed by atoms with E-state index in [0.717, 1.165) is 6.42 Å². The lowest BCUT2D eigenvalue weighted by Crippen LogP contribution is -2.51. The Kier molecular flexibility index (Phi) is 4.49. The highest BCUT2D eigenvalue weighted by Gasteiger charge is 2.48. The van der Waals surface area contributed by atoms with E-state index in [1.54, 1.807) is 12.1 Å². The lowest BCUT2D eigenvalue weighted by atomic mass is 9.91. The second-order valence-corrected chi connectivity index (χ2v) is 6.24. The van der Waals surface area contributed by atoms with Crippen LogP contribution in [0.25, 0.3) is 0 Å². The van der Waals surface area contributed by atoms with E-state index < -0.39 is 11.5 Å². The van der Waals surface area contributed by atoms with Crippen molar-refractivity contribution in [3.05, 3.63) is 34.1 Å². The van der Waals surface area contributed by atoms with Crippen LogP contribution in [0.2, 0.25) is 0 Å². The minimum absolute atomic E-state index is 0.248. The summed E-state index contributed by atoms with van der Waals surface area (Å²) in [7, 11) is 0. The Morgan fingerprint density at radius 3 is 2.85 bits per heavy atom. The number of halogens is 2. The number of rotatable bonds is 4. The van der Waals surface area contributed by atoms with Crippen LogP contribution in [0.5, 0.6) is 0 Å². The molecule has 0 radical (unpaired) electrons. The summed E-state index contributed by atoms with van der Waals surface area (Å²) in [5, 5.41) is 9.60. The van der Waals surface area contributed by atoms with E-state index >= 15 is 0 Å². The fourth-order valence-electron chi connectivity index (χ4n) is 3.23. The lowest BCUT2D eigenvalue weighted by Gasteiger charge is -2.38. The quantitative estimate of drug-likeness (QED) is 0.898. The molecule has 1 fully saturated rings. The normalized spacial score (nSPS) is 24.8. The monoisotopic (exact) mass is 343 g/mol. The van der Waals surface area contributed by atoms with E-state index in [1.807, 2.05) is 18.7 Å². The topological polar surface area (TPSA) is 40.5 Å². The van der Waals surface area contributed by atoms with Crippen LogP contribution in [0.3, 0.4) is 0 Å². The molecule has 1 heterocycles. The first-order valence-electron chi connectivity index (χ1n) is 6.87. The molecule has 1 aromatic carbocycles. The Labute approximate surface area is 126 Å². The van der Waals surface area contributed by atoms with Crippen molar-refractivity contribution in [2.75, 3.05) is 6.54 Å². The molecular formula is C15H19BrFNO2. The van der Waals surface area contributed by atoms with Crippen molar-refractivity contribution >= 4 is 21.9 Å². The average molecular weight is 344 g/mol. The lowest BCUT2D eigenvalue weighted by molar-refractivity contribution is -0.151. The first-order chi connectivity index (χ1) is 9.42. The van der Waals surface area contributed by atoms with Gasteiger partial charge in [0.05, 0.1) is 0 Å². The van der Waals surface area contributed by atoms with Gasteiger partial charge in [-0.3, -0.25) is 9.69 Å². The molecule has 2 rings (SSSR count). The van der Waals surface area contributed by atoms with Gasteiger partial charge in [-0.15, -0.1) is 0 Å². The molecule has 2 atom stereocenters. The van der Waals surface area contributed by atoms with E-state index in [0.29, 0.717) is 29.4 Å². The van der Waals surface area contributed by atoms with Crippen molar-refractivity contribution in [2.24, 2.45) is 0 Å². The zero-order valence-corrected chi connectivity index (χ0v) is 13.3. The van der Waals surface area contributed by atoms with E-state index in [1.165, 1.54) is 6.07 Å². The maximum Gasteiger partial charge on any atom is 0.324 e. The average Bonchev–Trinajstić information content (AvgIpc) is 2.83. The summed E-state index contributed by atoms with van der Waals surface area (Å²) in [4.78, 5) is 13.6. The van der Waals surface area contributed by atoms with Crippen molar-refractivity contribution in [1.82, 2.24) is 4.90 Å². The molecule has 0 spiro atoms. The van der Waals surface area contributed by atoms with Gasteiger partial charge in [-0.1, -0.05) is 28.9 Å². The van der Waals surface area contributed by atoms with Crippen molar-refractivity contribution in [2.45, 2.75) is 44.7 Å². The smallest absolute Gasteiger partial charge is 0.324 e. The van der Waals surface area contributed by atoms with E-state index in [9.17, 15) is 14.3 Å². The highest BCUT2D eigenvalue weighted by atomic mass is 79.9. The van der Waals surface area contributed by atoms with Crippen LogP contribution < -0.4 is 0 Å². The summed E-state index contributed by atoms with van der Waals surface area (Å²) in [6.45, 7) is 4.46. The molecule has 1 aliphatic heterocycles. The third kappa shape index (κ3) is 2.49. The summed E-state index contributed by atoms with van der Waals surface area (Å²) in [5.41, 5.74) is -0.312. The minimum atomic E-state index is -0.862. The number of benzene rings is 1. The third-order valence-electron chi connectivity index (χ3n) is 4.40. The Morgan fingerprint density at radius 1 is 1.60 bits per heavy atom. The molecule has 3 nitrogen and oxygen atoms in total. The number of hydrogen-bond acceptors (Lipinski definition) is 2. The predicted octanol–water partition coefficient (Wildman–Crippen LogP) is 3.98. The van der Waals surface area contributed by atoms with Gasteiger partial charge in [-0.2, -0.15) is 0 Å². The van der Waals surface area contributed by atoms with Crippen LogP contribution in [0.4, 0.5) is 4.39 Å². The fraction of sp³-hybridized carbons (Fsp3) is 0.533. The Hall–Kier alpha value is -0.940. The summed E-state index contributed by atoms with van der Waals surface area (Å²) in [6, 6.07) is 4.70. The highest BCUT2D eigenvalue weighted by Crippen LogP contribution is 2.40. The molecule has 0 aromatic heterocycles. The van der Waals surface area contributed by atoms with Crippen LogP contribution in [0.15, 0.2) is 22.7 Å². The molecule has 2 unspecified atom stereocenters. The maximum atomic E-state index is 14.1. The summed E-state index contributed by atoms with van der Waals surface area (Å²) in [5.74, 6) is -1.10. The molecule has 20 heavy (non-hydrogen) atoms. The van der Waals surface area contributed by atoms with E-state index in [4.69, 9.17) is 0 Å². The molecule has 5 heteroatoms. The molecule has 1 saturated heterocycles. The predicted molar refractivity (Wildman–Crippen MR) is 79.1 cm³/mol. The Morgan fingerprint density at radius 2 is 2.30 bits per heavy atom. The third-order valence-corrected chi connectivity index (χ3v) is 4.90. The van der Waals surface area contributed by atoms with Gasteiger partial charge in [0.2, 0.25) is 0 Å². The van der Waals surface area contributed by atoms with Gasteiger partial charge in [-0.05, 0) is 44.9 Å². The number of carboxylic acids is 1. The number of carbonyl (C=O) groups is 1. The number of carboxylic acid groups (broad SMARTS) is 1. The fourth-order valence-corrected chi connectivity index (χ4v) is 3.57. The van der Waals surface area contributed by atoms with Crippen LogP contribution in [0, 0.1) is 5.82 Å². The van der Waals surface area contributed by atoms with Crippen LogP contribution in [-0.4, -0.2) is 28.1 Å². The summed E-state index contributed by atoms with van der Waals surface area (Å²) >= 11 is 3.24. The standard InChI is InChI=1S/C15H19BrFNO2/c1-3-15(14(19)20)7-4-8-18(15)10(2)12-6-5-11(16)9-13(12)17/h5-6,9-10H,3-4,7-8H2,1-2H3,(H,19,20). The molecular weight excluding hydrogens is 325 g/mol. The molecule has 0 aliphatic carbocycles. The van der Waals surface area contributed by atoms with Gasteiger partial charge in [0, 0.05) is 16.1 Å².